The van der Waals surface area contributed by atoms with Crippen LogP contribution in [0.25, 0.3) is 6.08 Å². The van der Waals surface area contributed by atoms with Crippen LogP contribution in [0.15, 0.2) is 6.08 Å². The van der Waals surface area contributed by atoms with E-state index in [2.05, 4.69) is 10.4 Å². The van der Waals surface area contributed by atoms with Gasteiger partial charge in [-0.3, -0.25) is 14.3 Å². The number of amides is 1. The van der Waals surface area contributed by atoms with Gasteiger partial charge in [-0.1, -0.05) is 11.6 Å². The van der Waals surface area contributed by atoms with Gasteiger partial charge < -0.3 is 10.4 Å². The first-order chi connectivity index (χ1) is 9.23. The molecule has 0 radical (unpaired) electrons. The molecule has 0 aliphatic carbocycles. The van der Waals surface area contributed by atoms with E-state index in [-0.39, 0.29) is 5.91 Å². The van der Waals surface area contributed by atoms with Gasteiger partial charge in [-0.15, -0.1) is 0 Å². The summed E-state index contributed by atoms with van der Waals surface area (Å²) < 4.78 is 1.52. The van der Waals surface area contributed by atoms with Crippen LogP contribution >= 0.6 is 11.6 Å². The molecular weight excluding hydrogens is 282 g/mol. The van der Waals surface area contributed by atoms with Gasteiger partial charge in [0.1, 0.15) is 5.15 Å². The van der Waals surface area contributed by atoms with E-state index >= 15 is 0 Å². The second kappa shape index (κ2) is 6.56. The van der Waals surface area contributed by atoms with E-state index in [4.69, 9.17) is 16.7 Å². The predicted octanol–water partition coefficient (Wildman–Crippen LogP) is 1.62. The molecule has 0 bridgehead atoms. The van der Waals surface area contributed by atoms with Crippen molar-refractivity contribution in [3.8, 4) is 0 Å². The quantitative estimate of drug-likeness (QED) is 0.809. The number of aliphatic carboxylic acids is 1. The van der Waals surface area contributed by atoms with Crippen molar-refractivity contribution in [3.63, 3.8) is 0 Å². The standard InChI is InChI=1S/C13H18ClN3O3/c1-7(13(19)20)8(2)15-11(18)6-5-10-9(3)16-17(4)12(10)14/h5-8H,1-4H3,(H,15,18)(H,19,20)/b6-5+. The molecular formula is C13H18ClN3O3. The number of rotatable bonds is 5. The number of hydrogen-bond donors (Lipinski definition) is 2. The smallest absolute Gasteiger partial charge is 0.308 e. The molecule has 0 saturated carbocycles. The average Bonchev–Trinajstić information content (AvgIpc) is 2.60. The average molecular weight is 300 g/mol. The fraction of sp³-hybridized carbons (Fsp3) is 0.462. The lowest BCUT2D eigenvalue weighted by molar-refractivity contribution is -0.142. The first-order valence-corrected chi connectivity index (χ1v) is 6.52. The van der Waals surface area contributed by atoms with E-state index in [0.29, 0.717) is 16.4 Å². The Labute approximate surface area is 122 Å². The Balaban J connectivity index is 2.71. The summed E-state index contributed by atoms with van der Waals surface area (Å²) in [5.74, 6) is -1.98. The van der Waals surface area contributed by atoms with Crippen molar-refractivity contribution >= 4 is 29.6 Å². The third kappa shape index (κ3) is 3.84. The second-order valence-electron chi connectivity index (χ2n) is 4.67. The summed E-state index contributed by atoms with van der Waals surface area (Å²) in [5.41, 5.74) is 1.39. The zero-order valence-corrected chi connectivity index (χ0v) is 12.6. The number of carbonyl (C=O) groups excluding carboxylic acids is 1. The maximum atomic E-state index is 11.7. The van der Waals surface area contributed by atoms with Gasteiger partial charge in [-0.05, 0) is 26.8 Å². The highest BCUT2D eigenvalue weighted by Gasteiger charge is 2.20. The molecule has 0 aliphatic heterocycles. The molecule has 1 aromatic rings. The first-order valence-electron chi connectivity index (χ1n) is 6.14. The topological polar surface area (TPSA) is 84.2 Å². The maximum Gasteiger partial charge on any atom is 0.308 e. The van der Waals surface area contributed by atoms with Crippen molar-refractivity contribution in [1.82, 2.24) is 15.1 Å². The molecule has 0 spiro atoms. The lowest BCUT2D eigenvalue weighted by atomic mass is 10.0. The largest absolute Gasteiger partial charge is 0.481 e. The molecule has 110 valence electrons. The van der Waals surface area contributed by atoms with Crippen LogP contribution < -0.4 is 5.32 Å². The second-order valence-corrected chi connectivity index (χ2v) is 5.03. The minimum Gasteiger partial charge on any atom is -0.481 e. The summed E-state index contributed by atoms with van der Waals surface area (Å²) in [6.45, 7) is 4.98. The van der Waals surface area contributed by atoms with Crippen molar-refractivity contribution in [2.45, 2.75) is 26.8 Å². The van der Waals surface area contributed by atoms with Crippen LogP contribution in [-0.2, 0) is 16.6 Å². The molecule has 0 aromatic carbocycles. The number of nitrogens with one attached hydrogen (secondary N) is 1. The van der Waals surface area contributed by atoms with Gasteiger partial charge in [-0.25, -0.2) is 0 Å². The van der Waals surface area contributed by atoms with E-state index in [1.165, 1.54) is 10.8 Å². The van der Waals surface area contributed by atoms with Gasteiger partial charge in [0.25, 0.3) is 0 Å². The summed E-state index contributed by atoms with van der Waals surface area (Å²) >= 11 is 6.04. The number of hydrogen-bond acceptors (Lipinski definition) is 3. The lowest BCUT2D eigenvalue weighted by Crippen LogP contribution is -2.39. The molecule has 0 saturated heterocycles. The highest BCUT2D eigenvalue weighted by Crippen LogP contribution is 2.19. The van der Waals surface area contributed by atoms with Crippen LogP contribution in [0.1, 0.15) is 25.1 Å². The zero-order valence-electron chi connectivity index (χ0n) is 11.8. The van der Waals surface area contributed by atoms with Crippen molar-refractivity contribution in [1.29, 1.82) is 0 Å². The zero-order chi connectivity index (χ0) is 15.4. The number of carboxylic acids is 1. The summed E-state index contributed by atoms with van der Waals surface area (Å²) in [7, 11) is 1.71. The Morgan fingerprint density at radius 2 is 2.05 bits per heavy atom. The molecule has 1 rings (SSSR count). The summed E-state index contributed by atoms with van der Waals surface area (Å²) in [6.07, 6.45) is 2.89. The number of halogens is 1. The van der Waals surface area contributed by atoms with E-state index in [9.17, 15) is 9.59 Å². The van der Waals surface area contributed by atoms with E-state index < -0.39 is 17.9 Å². The molecule has 7 heteroatoms. The van der Waals surface area contributed by atoms with Crippen LogP contribution in [-0.4, -0.2) is 32.8 Å². The van der Waals surface area contributed by atoms with Gasteiger partial charge in [0.15, 0.2) is 0 Å². The van der Waals surface area contributed by atoms with Gasteiger partial charge >= 0.3 is 5.97 Å². The van der Waals surface area contributed by atoms with Gasteiger partial charge in [0.2, 0.25) is 5.91 Å². The third-order valence-electron chi connectivity index (χ3n) is 3.11. The molecule has 1 heterocycles. The molecule has 0 aliphatic rings. The molecule has 20 heavy (non-hydrogen) atoms. The van der Waals surface area contributed by atoms with Crippen LogP contribution in [0, 0.1) is 12.8 Å². The fourth-order valence-electron chi connectivity index (χ4n) is 1.61. The predicted molar refractivity (Wildman–Crippen MR) is 76.4 cm³/mol. The monoisotopic (exact) mass is 299 g/mol. The van der Waals surface area contributed by atoms with E-state index in [0.717, 1.165) is 0 Å². The van der Waals surface area contributed by atoms with Crippen molar-refractivity contribution in [2.75, 3.05) is 0 Å². The normalized spacial score (nSPS) is 14.2. The summed E-state index contributed by atoms with van der Waals surface area (Å²) in [4.78, 5) is 22.5. The Morgan fingerprint density at radius 3 is 2.50 bits per heavy atom. The summed E-state index contributed by atoms with van der Waals surface area (Å²) in [5, 5.41) is 16.0. The molecule has 1 amide bonds. The Hall–Kier alpha value is -1.82. The Bertz CT molecular complexity index is 551. The molecule has 1 aromatic heterocycles. The van der Waals surface area contributed by atoms with Crippen LogP contribution in [0.3, 0.4) is 0 Å². The van der Waals surface area contributed by atoms with Crippen molar-refractivity contribution in [3.05, 3.63) is 22.5 Å². The molecule has 0 fully saturated rings. The number of aryl methyl sites for hydroxylation is 2. The fourth-order valence-corrected chi connectivity index (χ4v) is 1.84. The van der Waals surface area contributed by atoms with Crippen molar-refractivity contribution < 1.29 is 14.7 Å². The molecule has 6 nitrogen and oxygen atoms in total. The first kappa shape index (κ1) is 16.2. The third-order valence-corrected chi connectivity index (χ3v) is 3.56. The van der Waals surface area contributed by atoms with Gasteiger partial charge in [0, 0.05) is 24.7 Å². The number of aromatic nitrogens is 2. The maximum absolute atomic E-state index is 11.7. The SMILES string of the molecule is Cc1nn(C)c(Cl)c1/C=C/C(=O)NC(C)C(C)C(=O)O. The highest BCUT2D eigenvalue weighted by molar-refractivity contribution is 6.31. The number of carbonyl (C=O) groups is 2. The lowest BCUT2D eigenvalue weighted by Gasteiger charge is -2.16. The Morgan fingerprint density at radius 1 is 1.45 bits per heavy atom. The molecule has 2 N–H and O–H groups in total. The minimum absolute atomic E-state index is 0.370. The number of carboxylic acid groups (broad SMARTS) is 1. The Kier molecular flexibility index (Phi) is 5.33. The number of nitrogens with zero attached hydrogens (tertiary/aromatic N) is 2. The molecule has 2 unspecified atom stereocenters. The van der Waals surface area contributed by atoms with Crippen molar-refractivity contribution in [2.24, 2.45) is 13.0 Å². The highest BCUT2D eigenvalue weighted by atomic mass is 35.5. The molecule has 2 atom stereocenters. The van der Waals surface area contributed by atoms with Gasteiger partial charge in [0.05, 0.1) is 11.6 Å². The summed E-state index contributed by atoms with van der Waals surface area (Å²) in [6, 6.07) is -0.463. The van der Waals surface area contributed by atoms with Crippen LogP contribution in [0.2, 0.25) is 5.15 Å². The van der Waals surface area contributed by atoms with E-state index in [1.54, 1.807) is 33.9 Å². The van der Waals surface area contributed by atoms with Crippen LogP contribution in [0.5, 0.6) is 0 Å². The van der Waals surface area contributed by atoms with Gasteiger partial charge in [-0.2, -0.15) is 5.10 Å². The van der Waals surface area contributed by atoms with Crippen LogP contribution in [0.4, 0.5) is 0 Å². The van der Waals surface area contributed by atoms with E-state index in [1.807, 2.05) is 0 Å². The minimum atomic E-state index is -0.951.